The van der Waals surface area contributed by atoms with Crippen molar-refractivity contribution < 1.29 is 4.74 Å². The Balaban J connectivity index is 2.33. The molecule has 1 heterocycles. The van der Waals surface area contributed by atoms with E-state index >= 15 is 0 Å². The summed E-state index contributed by atoms with van der Waals surface area (Å²) in [5.74, 6) is 1.10. The zero-order valence-electron chi connectivity index (χ0n) is 9.86. The fraction of sp³-hybridized carbons (Fsp3) is 0.727. The average Bonchev–Trinajstić information content (AvgIpc) is 2.66. The Labute approximate surface area is 91.7 Å². The second-order valence-electron chi connectivity index (χ2n) is 3.71. The molecule has 15 heavy (non-hydrogen) atoms. The van der Waals surface area contributed by atoms with Crippen LogP contribution in [-0.4, -0.2) is 29.3 Å². The Morgan fingerprint density at radius 2 is 2.40 bits per heavy atom. The third kappa shape index (κ3) is 4.01. The van der Waals surface area contributed by atoms with Crippen LogP contribution in [0.2, 0.25) is 0 Å². The molecule has 1 unspecified atom stereocenters. The normalized spacial score (nSPS) is 13.0. The van der Waals surface area contributed by atoms with Gasteiger partial charge in [0.15, 0.2) is 0 Å². The van der Waals surface area contributed by atoms with Crippen LogP contribution < -0.4 is 5.32 Å². The second-order valence-corrected chi connectivity index (χ2v) is 3.71. The highest BCUT2D eigenvalue weighted by Gasteiger charge is 2.02. The van der Waals surface area contributed by atoms with E-state index in [1.54, 1.807) is 7.11 Å². The third-order valence-corrected chi connectivity index (χ3v) is 2.38. The topological polar surface area (TPSA) is 39.1 Å². The zero-order chi connectivity index (χ0) is 11.1. The van der Waals surface area contributed by atoms with Crippen LogP contribution in [0.4, 0.5) is 0 Å². The number of rotatable bonds is 7. The molecule has 0 saturated heterocycles. The van der Waals surface area contributed by atoms with E-state index < -0.39 is 0 Å². The van der Waals surface area contributed by atoms with Gasteiger partial charge in [0.2, 0.25) is 0 Å². The Kier molecular flexibility index (Phi) is 5.36. The fourth-order valence-electron chi connectivity index (χ4n) is 1.42. The summed E-state index contributed by atoms with van der Waals surface area (Å²) in [6.07, 6.45) is 5.27. The van der Waals surface area contributed by atoms with E-state index in [0.717, 1.165) is 31.9 Å². The van der Waals surface area contributed by atoms with Crippen molar-refractivity contribution in [1.82, 2.24) is 14.9 Å². The largest absolute Gasteiger partial charge is 0.380 e. The van der Waals surface area contributed by atoms with Crippen LogP contribution in [-0.2, 0) is 17.8 Å². The maximum atomic E-state index is 5.16. The van der Waals surface area contributed by atoms with Crippen molar-refractivity contribution in [3.05, 3.63) is 18.2 Å². The quantitative estimate of drug-likeness (QED) is 0.741. The van der Waals surface area contributed by atoms with Crippen LogP contribution in [0.25, 0.3) is 0 Å². The minimum atomic E-state index is 0.250. The first-order valence-electron chi connectivity index (χ1n) is 5.51. The maximum absolute atomic E-state index is 5.16. The summed E-state index contributed by atoms with van der Waals surface area (Å²) < 4.78 is 7.34. The molecule has 0 saturated carbocycles. The number of methoxy groups -OCH3 is 1. The molecule has 0 fully saturated rings. The van der Waals surface area contributed by atoms with Gasteiger partial charge in [0, 0.05) is 32.6 Å². The van der Waals surface area contributed by atoms with Crippen molar-refractivity contribution in [1.29, 1.82) is 0 Å². The molecular formula is C11H21N3O. The zero-order valence-corrected chi connectivity index (χ0v) is 9.86. The van der Waals surface area contributed by atoms with Gasteiger partial charge in [0.05, 0.1) is 12.6 Å². The van der Waals surface area contributed by atoms with Gasteiger partial charge in [-0.1, -0.05) is 6.92 Å². The Hall–Kier alpha value is -0.870. The van der Waals surface area contributed by atoms with Gasteiger partial charge in [-0.2, -0.15) is 0 Å². The van der Waals surface area contributed by atoms with Gasteiger partial charge < -0.3 is 14.6 Å². The molecule has 1 atom stereocenters. The van der Waals surface area contributed by atoms with Crippen LogP contribution in [0.3, 0.4) is 0 Å². The molecule has 1 aromatic rings. The molecule has 4 nitrogen and oxygen atoms in total. The Morgan fingerprint density at radius 1 is 1.60 bits per heavy atom. The summed E-state index contributed by atoms with van der Waals surface area (Å²) in [5.41, 5.74) is 0. The first kappa shape index (κ1) is 12.2. The number of aryl methyl sites for hydroxylation is 1. The number of nitrogens with one attached hydrogen (secondary N) is 1. The van der Waals surface area contributed by atoms with Crippen molar-refractivity contribution in [2.24, 2.45) is 0 Å². The van der Waals surface area contributed by atoms with Gasteiger partial charge >= 0.3 is 0 Å². The minimum absolute atomic E-state index is 0.250. The van der Waals surface area contributed by atoms with Crippen LogP contribution in [0.5, 0.6) is 0 Å². The standard InChI is InChI=1S/C11H21N3O/c1-4-6-14-7-5-13-11(14)9-12-8-10(2)15-3/h5,7,10,12H,4,6,8-9H2,1-3H3. The Bertz CT molecular complexity index is 273. The fourth-order valence-corrected chi connectivity index (χ4v) is 1.42. The van der Waals surface area contributed by atoms with Crippen LogP contribution >= 0.6 is 0 Å². The molecule has 0 aliphatic heterocycles. The summed E-state index contributed by atoms with van der Waals surface area (Å²) in [5, 5.41) is 3.33. The van der Waals surface area contributed by atoms with Gasteiger partial charge in [-0.05, 0) is 13.3 Å². The molecule has 0 aliphatic rings. The summed E-state index contributed by atoms with van der Waals surface area (Å²) in [6, 6.07) is 0. The van der Waals surface area contributed by atoms with Crippen molar-refractivity contribution in [2.45, 2.75) is 39.5 Å². The van der Waals surface area contributed by atoms with E-state index in [0.29, 0.717) is 0 Å². The lowest BCUT2D eigenvalue weighted by Crippen LogP contribution is -2.26. The summed E-state index contributed by atoms with van der Waals surface area (Å²) in [6.45, 7) is 6.92. The summed E-state index contributed by atoms with van der Waals surface area (Å²) >= 11 is 0. The number of ether oxygens (including phenoxy) is 1. The lowest BCUT2D eigenvalue weighted by molar-refractivity contribution is 0.116. The molecule has 0 aromatic carbocycles. The van der Waals surface area contributed by atoms with Gasteiger partial charge in [-0.15, -0.1) is 0 Å². The van der Waals surface area contributed by atoms with E-state index in [9.17, 15) is 0 Å². The number of hydrogen-bond donors (Lipinski definition) is 1. The molecule has 1 N–H and O–H groups in total. The molecule has 86 valence electrons. The highest BCUT2D eigenvalue weighted by atomic mass is 16.5. The van der Waals surface area contributed by atoms with E-state index in [4.69, 9.17) is 4.74 Å². The van der Waals surface area contributed by atoms with Crippen LogP contribution in [0, 0.1) is 0 Å². The first-order chi connectivity index (χ1) is 7.27. The van der Waals surface area contributed by atoms with Crippen molar-refractivity contribution in [3.63, 3.8) is 0 Å². The SMILES string of the molecule is CCCn1ccnc1CNCC(C)OC. The van der Waals surface area contributed by atoms with Gasteiger partial charge in [0.25, 0.3) is 0 Å². The monoisotopic (exact) mass is 211 g/mol. The molecule has 1 rings (SSSR count). The molecule has 0 spiro atoms. The molecule has 0 amide bonds. The molecular weight excluding hydrogens is 190 g/mol. The number of nitrogens with zero attached hydrogens (tertiary/aromatic N) is 2. The van der Waals surface area contributed by atoms with Crippen molar-refractivity contribution in [3.8, 4) is 0 Å². The average molecular weight is 211 g/mol. The van der Waals surface area contributed by atoms with E-state index in [-0.39, 0.29) is 6.10 Å². The number of aromatic nitrogens is 2. The lowest BCUT2D eigenvalue weighted by Gasteiger charge is -2.11. The van der Waals surface area contributed by atoms with Crippen molar-refractivity contribution >= 4 is 0 Å². The minimum Gasteiger partial charge on any atom is -0.380 e. The number of imidazole rings is 1. The predicted octanol–water partition coefficient (Wildman–Crippen LogP) is 1.42. The first-order valence-corrected chi connectivity index (χ1v) is 5.51. The maximum Gasteiger partial charge on any atom is 0.122 e. The van der Waals surface area contributed by atoms with Crippen LogP contribution in [0.1, 0.15) is 26.1 Å². The molecule has 0 aliphatic carbocycles. The summed E-state index contributed by atoms with van der Waals surface area (Å²) in [7, 11) is 1.73. The molecule has 0 bridgehead atoms. The Morgan fingerprint density at radius 3 is 3.07 bits per heavy atom. The third-order valence-electron chi connectivity index (χ3n) is 2.38. The van der Waals surface area contributed by atoms with Gasteiger partial charge in [-0.3, -0.25) is 0 Å². The van der Waals surface area contributed by atoms with Gasteiger partial charge in [0.1, 0.15) is 5.82 Å². The predicted molar refractivity (Wildman–Crippen MR) is 60.7 cm³/mol. The summed E-state index contributed by atoms with van der Waals surface area (Å²) in [4.78, 5) is 4.32. The highest BCUT2D eigenvalue weighted by Crippen LogP contribution is 1.99. The van der Waals surface area contributed by atoms with E-state index in [2.05, 4.69) is 21.8 Å². The smallest absolute Gasteiger partial charge is 0.122 e. The van der Waals surface area contributed by atoms with E-state index in [1.807, 2.05) is 19.3 Å². The second kappa shape index (κ2) is 6.58. The van der Waals surface area contributed by atoms with Crippen molar-refractivity contribution in [2.75, 3.05) is 13.7 Å². The van der Waals surface area contributed by atoms with E-state index in [1.165, 1.54) is 0 Å². The highest BCUT2D eigenvalue weighted by molar-refractivity contribution is 4.91. The molecule has 1 aromatic heterocycles. The number of hydrogen-bond acceptors (Lipinski definition) is 3. The lowest BCUT2D eigenvalue weighted by atomic mass is 10.4. The van der Waals surface area contributed by atoms with Crippen LogP contribution in [0.15, 0.2) is 12.4 Å². The molecule has 0 radical (unpaired) electrons. The van der Waals surface area contributed by atoms with Gasteiger partial charge in [-0.25, -0.2) is 4.98 Å². The molecule has 4 heteroatoms.